The van der Waals surface area contributed by atoms with E-state index in [1.807, 2.05) is 12.1 Å². The minimum absolute atomic E-state index is 0.153. The molecular weight excluding hydrogens is 280 g/mol. The van der Waals surface area contributed by atoms with Crippen molar-refractivity contribution in [2.75, 3.05) is 32.7 Å². The average molecular weight is 302 g/mol. The van der Waals surface area contributed by atoms with Gasteiger partial charge in [0.25, 0.3) is 5.91 Å². The number of carbonyl (C=O) groups excluding carboxylic acids is 1. The molecule has 0 atom stereocenters. The van der Waals surface area contributed by atoms with Crippen molar-refractivity contribution in [2.45, 2.75) is 6.42 Å². The molecule has 1 aliphatic heterocycles. The number of phenols is 1. The second kappa shape index (κ2) is 8.31. The minimum atomic E-state index is -0.153. The lowest BCUT2D eigenvalue weighted by molar-refractivity contribution is -0.122. The number of phenolic OH excluding ortho intramolecular Hbond substituents is 1. The molecule has 1 aliphatic rings. The molecule has 1 aromatic rings. The van der Waals surface area contributed by atoms with Crippen LogP contribution in [0, 0.1) is 0 Å². The van der Waals surface area contributed by atoms with E-state index >= 15 is 0 Å². The Labute approximate surface area is 130 Å². The molecule has 1 fully saturated rings. The van der Waals surface area contributed by atoms with Crippen LogP contribution in [0.2, 0.25) is 0 Å². The molecule has 0 unspecified atom stereocenters. The van der Waals surface area contributed by atoms with Crippen LogP contribution < -0.4 is 10.7 Å². The molecule has 1 heterocycles. The summed E-state index contributed by atoms with van der Waals surface area (Å²) >= 11 is 0. The van der Waals surface area contributed by atoms with Gasteiger partial charge in [-0.25, -0.2) is 5.43 Å². The number of allylic oxidation sites excluding steroid dienone is 1. The standard InChI is InChI=1S/C16H22N4O2/c1-2-4-13-5-3-6-14(16(13)22)11-18-19-15(21)12-20-9-7-17-8-10-20/h2-3,5-6,11,17,22H,1,4,7-10,12H2,(H,19,21)/b18-11+. The van der Waals surface area contributed by atoms with Crippen molar-refractivity contribution in [3.8, 4) is 5.75 Å². The minimum Gasteiger partial charge on any atom is -0.507 e. The summed E-state index contributed by atoms with van der Waals surface area (Å²) in [5.41, 5.74) is 3.85. The molecule has 1 aromatic carbocycles. The highest BCUT2D eigenvalue weighted by molar-refractivity contribution is 5.86. The summed E-state index contributed by atoms with van der Waals surface area (Å²) in [5.74, 6) is 0.0161. The van der Waals surface area contributed by atoms with Gasteiger partial charge in [-0.15, -0.1) is 6.58 Å². The second-order valence-corrected chi connectivity index (χ2v) is 5.17. The van der Waals surface area contributed by atoms with E-state index in [9.17, 15) is 9.90 Å². The molecule has 22 heavy (non-hydrogen) atoms. The first kappa shape index (κ1) is 16.2. The van der Waals surface area contributed by atoms with Gasteiger partial charge in [0.2, 0.25) is 0 Å². The van der Waals surface area contributed by atoms with Gasteiger partial charge in [-0.05, 0) is 18.1 Å². The van der Waals surface area contributed by atoms with Crippen molar-refractivity contribution >= 4 is 12.1 Å². The Morgan fingerprint density at radius 3 is 2.95 bits per heavy atom. The Morgan fingerprint density at radius 1 is 1.45 bits per heavy atom. The van der Waals surface area contributed by atoms with Crippen LogP contribution in [0.15, 0.2) is 36.0 Å². The predicted octanol–water partition coefficient (Wildman–Crippen LogP) is 0.476. The number of carbonyl (C=O) groups is 1. The third-order valence-corrected chi connectivity index (χ3v) is 3.48. The maximum atomic E-state index is 11.8. The normalized spacial score (nSPS) is 15.8. The zero-order valence-electron chi connectivity index (χ0n) is 12.6. The summed E-state index contributed by atoms with van der Waals surface area (Å²) in [6.07, 6.45) is 3.77. The van der Waals surface area contributed by atoms with Gasteiger partial charge in [0.1, 0.15) is 5.75 Å². The molecule has 3 N–H and O–H groups in total. The average Bonchev–Trinajstić information content (AvgIpc) is 2.52. The van der Waals surface area contributed by atoms with E-state index < -0.39 is 0 Å². The Balaban J connectivity index is 1.87. The Hall–Kier alpha value is -2.18. The first-order chi connectivity index (χ1) is 10.7. The molecule has 6 heteroatoms. The highest BCUT2D eigenvalue weighted by Gasteiger charge is 2.12. The van der Waals surface area contributed by atoms with Crippen LogP contribution in [0.1, 0.15) is 11.1 Å². The van der Waals surface area contributed by atoms with Crippen LogP contribution >= 0.6 is 0 Å². The van der Waals surface area contributed by atoms with Gasteiger partial charge in [0.15, 0.2) is 0 Å². The first-order valence-corrected chi connectivity index (χ1v) is 7.37. The molecule has 0 aromatic heterocycles. The second-order valence-electron chi connectivity index (χ2n) is 5.17. The molecule has 0 aliphatic carbocycles. The quantitative estimate of drug-likeness (QED) is 0.406. The zero-order chi connectivity index (χ0) is 15.8. The molecule has 1 amide bonds. The summed E-state index contributed by atoms with van der Waals surface area (Å²) < 4.78 is 0. The van der Waals surface area contributed by atoms with Gasteiger partial charge < -0.3 is 10.4 Å². The number of rotatable bonds is 6. The largest absolute Gasteiger partial charge is 0.507 e. The maximum absolute atomic E-state index is 11.8. The van der Waals surface area contributed by atoms with E-state index in [4.69, 9.17) is 0 Å². The van der Waals surface area contributed by atoms with Crippen molar-refractivity contribution in [3.05, 3.63) is 42.0 Å². The molecule has 118 valence electrons. The number of para-hydroxylation sites is 1. The van der Waals surface area contributed by atoms with Gasteiger partial charge in [0.05, 0.1) is 12.8 Å². The summed E-state index contributed by atoms with van der Waals surface area (Å²) in [5, 5.41) is 17.2. The molecule has 0 bridgehead atoms. The maximum Gasteiger partial charge on any atom is 0.254 e. The SMILES string of the molecule is C=CCc1cccc(/C=N/NC(=O)CN2CCNCC2)c1O. The summed E-state index contributed by atoms with van der Waals surface area (Å²) in [6.45, 7) is 7.52. The van der Waals surface area contributed by atoms with E-state index in [0.717, 1.165) is 31.7 Å². The first-order valence-electron chi connectivity index (χ1n) is 7.37. The van der Waals surface area contributed by atoms with Crippen molar-refractivity contribution < 1.29 is 9.90 Å². The van der Waals surface area contributed by atoms with E-state index in [1.165, 1.54) is 6.21 Å². The molecule has 1 saturated heterocycles. The monoisotopic (exact) mass is 302 g/mol. The van der Waals surface area contributed by atoms with Crippen molar-refractivity contribution in [3.63, 3.8) is 0 Å². The molecule has 0 saturated carbocycles. The van der Waals surface area contributed by atoms with Crippen LogP contribution in [-0.4, -0.2) is 54.9 Å². The molecular formula is C16H22N4O2. The van der Waals surface area contributed by atoms with Crippen LogP contribution in [0.4, 0.5) is 0 Å². The number of benzene rings is 1. The molecule has 2 rings (SSSR count). The van der Waals surface area contributed by atoms with E-state index in [0.29, 0.717) is 18.5 Å². The van der Waals surface area contributed by atoms with Gasteiger partial charge in [-0.1, -0.05) is 18.2 Å². The van der Waals surface area contributed by atoms with E-state index in [-0.39, 0.29) is 11.7 Å². The number of piperazine rings is 1. The fraction of sp³-hybridized carbons (Fsp3) is 0.375. The van der Waals surface area contributed by atoms with Crippen molar-refractivity contribution in [1.82, 2.24) is 15.6 Å². The zero-order valence-corrected chi connectivity index (χ0v) is 12.6. The predicted molar refractivity (Wildman–Crippen MR) is 87.1 cm³/mol. The summed E-state index contributed by atoms with van der Waals surface area (Å²) in [6, 6.07) is 5.41. The van der Waals surface area contributed by atoms with Crippen LogP contribution in [0.25, 0.3) is 0 Å². The van der Waals surface area contributed by atoms with Crippen molar-refractivity contribution in [1.29, 1.82) is 0 Å². The number of amides is 1. The van der Waals surface area contributed by atoms with Crippen molar-refractivity contribution in [2.24, 2.45) is 5.10 Å². The number of hydrazone groups is 1. The van der Waals surface area contributed by atoms with E-state index in [2.05, 4.69) is 27.3 Å². The smallest absolute Gasteiger partial charge is 0.254 e. The van der Waals surface area contributed by atoms with Crippen LogP contribution in [0.5, 0.6) is 5.75 Å². The number of nitrogens with zero attached hydrogens (tertiary/aromatic N) is 2. The third kappa shape index (κ3) is 4.68. The van der Waals surface area contributed by atoms with Gasteiger partial charge in [0, 0.05) is 31.7 Å². The van der Waals surface area contributed by atoms with Gasteiger partial charge in [-0.2, -0.15) is 5.10 Å². The highest BCUT2D eigenvalue weighted by Crippen LogP contribution is 2.21. The lowest BCUT2D eigenvalue weighted by atomic mass is 10.1. The number of aromatic hydroxyl groups is 1. The topological polar surface area (TPSA) is 77.0 Å². The molecule has 0 radical (unpaired) electrons. The number of nitrogens with one attached hydrogen (secondary N) is 2. The Morgan fingerprint density at radius 2 is 2.23 bits per heavy atom. The lowest BCUT2D eigenvalue weighted by Crippen LogP contribution is -2.47. The highest BCUT2D eigenvalue weighted by atomic mass is 16.3. The fourth-order valence-corrected chi connectivity index (χ4v) is 2.32. The lowest BCUT2D eigenvalue weighted by Gasteiger charge is -2.25. The number of hydrogen-bond donors (Lipinski definition) is 3. The van der Waals surface area contributed by atoms with E-state index in [1.54, 1.807) is 12.1 Å². The third-order valence-electron chi connectivity index (χ3n) is 3.48. The fourth-order valence-electron chi connectivity index (χ4n) is 2.32. The summed E-state index contributed by atoms with van der Waals surface area (Å²) in [7, 11) is 0. The Kier molecular flexibility index (Phi) is 6.12. The van der Waals surface area contributed by atoms with Gasteiger partial charge >= 0.3 is 0 Å². The Bertz CT molecular complexity index is 551. The van der Waals surface area contributed by atoms with Gasteiger partial charge in [-0.3, -0.25) is 9.69 Å². The number of hydrogen-bond acceptors (Lipinski definition) is 5. The van der Waals surface area contributed by atoms with Crippen LogP contribution in [0.3, 0.4) is 0 Å². The molecule has 0 spiro atoms. The molecule has 6 nitrogen and oxygen atoms in total. The van der Waals surface area contributed by atoms with Crippen LogP contribution in [-0.2, 0) is 11.2 Å². The summed E-state index contributed by atoms with van der Waals surface area (Å²) in [4.78, 5) is 13.9.